The monoisotopic (exact) mass is 523 g/mol. The van der Waals surface area contributed by atoms with Gasteiger partial charge in [0.2, 0.25) is 0 Å². The van der Waals surface area contributed by atoms with Crippen molar-refractivity contribution in [2.75, 3.05) is 58.5 Å². The number of likely N-dealkylation sites (tertiary alicyclic amines) is 1. The second-order valence-corrected chi connectivity index (χ2v) is 10.2. The number of piperidine rings is 1. The minimum absolute atomic E-state index is 0.0184. The van der Waals surface area contributed by atoms with E-state index in [0.717, 1.165) is 70.5 Å². The van der Waals surface area contributed by atoms with Crippen LogP contribution in [0, 0.1) is 5.92 Å². The van der Waals surface area contributed by atoms with Crippen LogP contribution >= 0.6 is 11.6 Å². The minimum Gasteiger partial charge on any atom is -0.453 e. The van der Waals surface area contributed by atoms with E-state index in [2.05, 4.69) is 33.4 Å². The third-order valence-electron chi connectivity index (χ3n) is 7.09. The number of alkyl carbamates (subject to hydrolysis) is 1. The van der Waals surface area contributed by atoms with Gasteiger partial charge in [-0.15, -0.1) is 0 Å². The third kappa shape index (κ3) is 8.15. The van der Waals surface area contributed by atoms with E-state index in [0.29, 0.717) is 24.0 Å². The number of methoxy groups -OCH3 is 1. The number of amides is 3. The molecule has 0 radical (unpaired) electrons. The summed E-state index contributed by atoms with van der Waals surface area (Å²) in [5.41, 5.74) is 4.17. The zero-order valence-corrected chi connectivity index (χ0v) is 22.6. The molecule has 0 aromatic heterocycles. The summed E-state index contributed by atoms with van der Waals surface area (Å²) in [5, 5.41) is 5.20. The fourth-order valence-corrected chi connectivity index (χ4v) is 5.49. The number of rotatable bonds is 10. The molecule has 36 heavy (non-hydrogen) atoms. The largest absolute Gasteiger partial charge is 0.453 e. The number of carbonyl (C=O) groups excluding carboxylic acids is 2. The number of benzene rings is 1. The number of ether oxygens (including phenoxy) is 2. The minimum atomic E-state index is -0.431. The second kappa shape index (κ2) is 14.5. The molecule has 10 heteroatoms. The highest BCUT2D eigenvalue weighted by Gasteiger charge is 2.32. The van der Waals surface area contributed by atoms with Gasteiger partial charge in [0.25, 0.3) is 0 Å². The molecule has 2 heterocycles. The zero-order valence-electron chi connectivity index (χ0n) is 21.9. The maximum absolute atomic E-state index is 13.6. The number of carbonyl (C=O) groups is 2. The van der Waals surface area contributed by atoms with E-state index in [1.807, 2.05) is 30.1 Å². The number of nitrogens with zero attached hydrogens (tertiary/aromatic N) is 3. The average molecular weight is 524 g/mol. The molecule has 0 aliphatic carbocycles. The van der Waals surface area contributed by atoms with Crippen LogP contribution in [0.2, 0.25) is 5.02 Å². The molecule has 9 nitrogen and oxygen atoms in total. The van der Waals surface area contributed by atoms with E-state index in [4.69, 9.17) is 16.3 Å². The van der Waals surface area contributed by atoms with Crippen molar-refractivity contribution in [1.29, 1.82) is 0 Å². The summed E-state index contributed by atoms with van der Waals surface area (Å²) in [7, 11) is 3.18. The number of hydrazine groups is 1. The molecule has 3 rings (SSSR count). The predicted octanol–water partition coefficient (Wildman–Crippen LogP) is 4.12. The third-order valence-corrected chi connectivity index (χ3v) is 7.33. The van der Waals surface area contributed by atoms with Gasteiger partial charge in [-0.05, 0) is 69.6 Å². The van der Waals surface area contributed by atoms with Crippen LogP contribution in [0.3, 0.4) is 0 Å². The number of hydrogen-bond acceptors (Lipinski definition) is 6. The highest BCUT2D eigenvalue weighted by Crippen LogP contribution is 2.27. The Morgan fingerprint density at radius 3 is 2.83 bits per heavy atom. The van der Waals surface area contributed by atoms with Gasteiger partial charge in [-0.2, -0.15) is 0 Å². The van der Waals surface area contributed by atoms with Crippen molar-refractivity contribution in [2.24, 2.45) is 5.92 Å². The number of halogens is 1. The first kappa shape index (κ1) is 28.3. The van der Waals surface area contributed by atoms with Crippen LogP contribution in [0.4, 0.5) is 15.3 Å². The molecule has 0 unspecified atom stereocenters. The van der Waals surface area contributed by atoms with Gasteiger partial charge < -0.3 is 24.6 Å². The molecule has 2 aliphatic heterocycles. The van der Waals surface area contributed by atoms with Gasteiger partial charge in [0.1, 0.15) is 0 Å². The second-order valence-electron chi connectivity index (χ2n) is 9.73. The smallest absolute Gasteiger partial charge is 0.406 e. The molecule has 3 amide bonds. The fraction of sp³-hybridized carbons (Fsp3) is 0.692. The maximum atomic E-state index is 13.6. The van der Waals surface area contributed by atoms with Gasteiger partial charge in [0.05, 0.1) is 7.11 Å². The molecule has 2 N–H and O–H groups in total. The van der Waals surface area contributed by atoms with Gasteiger partial charge in [-0.1, -0.05) is 17.7 Å². The van der Waals surface area contributed by atoms with Crippen LogP contribution < -0.4 is 15.6 Å². The van der Waals surface area contributed by atoms with E-state index >= 15 is 0 Å². The number of hydrogen-bond donors (Lipinski definition) is 2. The summed E-state index contributed by atoms with van der Waals surface area (Å²) in [6.45, 7) is 6.34. The molecule has 2 fully saturated rings. The van der Waals surface area contributed by atoms with Crippen molar-refractivity contribution in [3.05, 3.63) is 29.3 Å². The first-order chi connectivity index (χ1) is 17.4. The lowest BCUT2D eigenvalue weighted by Gasteiger charge is -2.43. The fourth-order valence-electron chi connectivity index (χ4n) is 5.31. The van der Waals surface area contributed by atoms with Crippen molar-refractivity contribution in [3.63, 3.8) is 0 Å². The Kier molecular flexibility index (Phi) is 11.4. The Bertz CT molecular complexity index is 838. The predicted molar refractivity (Wildman–Crippen MR) is 142 cm³/mol. The normalized spacial score (nSPS) is 20.9. The Labute approximate surface area is 220 Å². The van der Waals surface area contributed by atoms with Crippen LogP contribution in [0.25, 0.3) is 0 Å². The molecule has 202 valence electrons. The molecule has 2 aliphatic rings. The van der Waals surface area contributed by atoms with E-state index in [1.165, 1.54) is 7.11 Å². The van der Waals surface area contributed by atoms with Gasteiger partial charge >= 0.3 is 12.1 Å². The maximum Gasteiger partial charge on any atom is 0.406 e. The molecular formula is C26H42ClN5O4. The Morgan fingerprint density at radius 2 is 2.14 bits per heavy atom. The summed E-state index contributed by atoms with van der Waals surface area (Å²) in [6.07, 6.45) is 5.39. The lowest BCUT2D eigenvalue weighted by atomic mass is 9.95. The highest BCUT2D eigenvalue weighted by atomic mass is 35.5. The Balaban J connectivity index is 1.66. The molecule has 0 saturated carbocycles. The first-order valence-electron chi connectivity index (χ1n) is 13.1. The van der Waals surface area contributed by atoms with Gasteiger partial charge in [0.15, 0.2) is 0 Å². The highest BCUT2D eigenvalue weighted by molar-refractivity contribution is 6.30. The van der Waals surface area contributed by atoms with E-state index in [1.54, 1.807) is 5.01 Å². The number of nitrogens with one attached hydrogen (secondary N) is 2. The number of urea groups is 1. The van der Waals surface area contributed by atoms with Gasteiger partial charge in [0, 0.05) is 69.2 Å². The van der Waals surface area contributed by atoms with Crippen LogP contribution in [-0.2, 0) is 9.47 Å². The van der Waals surface area contributed by atoms with Crippen LogP contribution in [0.1, 0.15) is 45.4 Å². The molecule has 3 atom stereocenters. The average Bonchev–Trinajstić information content (AvgIpc) is 2.89. The summed E-state index contributed by atoms with van der Waals surface area (Å²) in [6, 6.07) is 8.07. The van der Waals surface area contributed by atoms with Gasteiger partial charge in [-0.25, -0.2) is 15.0 Å². The van der Waals surface area contributed by atoms with Crippen molar-refractivity contribution in [1.82, 2.24) is 20.7 Å². The van der Waals surface area contributed by atoms with Crippen molar-refractivity contribution in [3.8, 4) is 0 Å². The molecular weight excluding hydrogens is 482 g/mol. The van der Waals surface area contributed by atoms with E-state index in [9.17, 15) is 9.59 Å². The van der Waals surface area contributed by atoms with Crippen molar-refractivity contribution < 1.29 is 19.1 Å². The van der Waals surface area contributed by atoms with Crippen LogP contribution in [-0.4, -0.2) is 87.7 Å². The van der Waals surface area contributed by atoms with Crippen molar-refractivity contribution >= 4 is 29.4 Å². The standard InChI is InChI=1S/C26H42ClN5O4/c1-20(16-21-8-6-15-36-19-21)32(28-2)26(34)30-13-5-11-24(18-30)31(14-7-12-29-25(33)35-3)23-10-4-9-22(27)17-23/h4,9-10,17,20-21,24,28H,5-8,11-16,18-19H2,1-3H3,(H,29,33)/t20-,21+,24+/m0/s1. The SMILES string of the molecule is CNN(C(=O)N1CCC[C@@H](N(CCCNC(=O)OC)c2cccc(Cl)c2)C1)[C@@H](C)C[C@H]1CCCOC1. The van der Waals surface area contributed by atoms with E-state index < -0.39 is 6.09 Å². The molecule has 1 aromatic carbocycles. The van der Waals surface area contributed by atoms with Crippen LogP contribution in [0.15, 0.2) is 24.3 Å². The number of anilines is 1. The van der Waals surface area contributed by atoms with Gasteiger partial charge in [-0.3, -0.25) is 5.01 Å². The summed E-state index contributed by atoms with van der Waals surface area (Å²) >= 11 is 6.32. The molecule has 1 aromatic rings. The van der Waals surface area contributed by atoms with E-state index in [-0.39, 0.29) is 18.1 Å². The van der Waals surface area contributed by atoms with Crippen LogP contribution in [0.5, 0.6) is 0 Å². The Morgan fingerprint density at radius 1 is 1.31 bits per heavy atom. The quantitative estimate of drug-likeness (QED) is 0.354. The molecule has 0 spiro atoms. The summed E-state index contributed by atoms with van der Waals surface area (Å²) < 4.78 is 10.3. The molecule has 0 bridgehead atoms. The van der Waals surface area contributed by atoms with Crippen molar-refractivity contribution in [2.45, 2.75) is 57.5 Å². The Hall–Kier alpha value is -2.23. The summed E-state index contributed by atoms with van der Waals surface area (Å²) in [4.78, 5) is 29.3. The molecule has 2 saturated heterocycles. The first-order valence-corrected chi connectivity index (χ1v) is 13.5. The lowest BCUT2D eigenvalue weighted by Crippen LogP contribution is -2.58. The zero-order chi connectivity index (χ0) is 25.9. The summed E-state index contributed by atoms with van der Waals surface area (Å²) in [5.74, 6) is 0.489. The topological polar surface area (TPSA) is 86.4 Å². The lowest BCUT2D eigenvalue weighted by molar-refractivity contribution is 0.0346.